The fourth-order valence-corrected chi connectivity index (χ4v) is 1.81. The summed E-state index contributed by atoms with van der Waals surface area (Å²) in [6.45, 7) is 3.87. The average Bonchev–Trinajstić information content (AvgIpc) is 2.18. The second-order valence-corrected chi connectivity index (χ2v) is 4.37. The van der Waals surface area contributed by atoms with Crippen molar-refractivity contribution in [2.45, 2.75) is 12.3 Å². The molecule has 0 aliphatic heterocycles. The standard InChI is InChI=1S/C12H20N2/c1-12(9-13,10-14(2)3)11-7-5-4-6-8-11/h4-8H,9-10,13H2,1-3H3. The predicted molar refractivity (Wildman–Crippen MR) is 61.4 cm³/mol. The Morgan fingerprint density at radius 3 is 2.21 bits per heavy atom. The summed E-state index contributed by atoms with van der Waals surface area (Å²) in [5.74, 6) is 0. The topological polar surface area (TPSA) is 29.3 Å². The second-order valence-electron chi connectivity index (χ2n) is 4.37. The molecule has 1 aromatic rings. The molecule has 1 unspecified atom stereocenters. The zero-order valence-corrected chi connectivity index (χ0v) is 9.33. The van der Waals surface area contributed by atoms with Crippen molar-refractivity contribution in [3.05, 3.63) is 35.9 Å². The van der Waals surface area contributed by atoms with Gasteiger partial charge in [-0.1, -0.05) is 37.3 Å². The molecule has 0 amide bonds. The van der Waals surface area contributed by atoms with Crippen LogP contribution in [0.4, 0.5) is 0 Å². The third-order valence-corrected chi connectivity index (χ3v) is 2.59. The highest BCUT2D eigenvalue weighted by Crippen LogP contribution is 2.22. The number of rotatable bonds is 4. The quantitative estimate of drug-likeness (QED) is 0.782. The largest absolute Gasteiger partial charge is 0.330 e. The number of hydrogen-bond acceptors (Lipinski definition) is 2. The summed E-state index contributed by atoms with van der Waals surface area (Å²) >= 11 is 0. The minimum atomic E-state index is 0.0603. The van der Waals surface area contributed by atoms with Crippen molar-refractivity contribution in [3.8, 4) is 0 Å². The molecule has 0 radical (unpaired) electrons. The fourth-order valence-electron chi connectivity index (χ4n) is 1.81. The third kappa shape index (κ3) is 2.56. The monoisotopic (exact) mass is 192 g/mol. The first-order valence-corrected chi connectivity index (χ1v) is 4.99. The lowest BCUT2D eigenvalue weighted by Gasteiger charge is -2.31. The minimum Gasteiger partial charge on any atom is -0.330 e. The van der Waals surface area contributed by atoms with Crippen LogP contribution < -0.4 is 5.73 Å². The summed E-state index contributed by atoms with van der Waals surface area (Å²) in [4.78, 5) is 2.18. The zero-order valence-electron chi connectivity index (χ0n) is 9.33. The zero-order chi connectivity index (χ0) is 10.6. The molecule has 78 valence electrons. The highest BCUT2D eigenvalue weighted by Gasteiger charge is 2.25. The molecule has 0 saturated carbocycles. The molecule has 0 aliphatic rings. The number of likely N-dealkylation sites (N-methyl/N-ethyl adjacent to an activating group) is 1. The first-order valence-electron chi connectivity index (χ1n) is 4.99. The Balaban J connectivity index is 2.90. The Morgan fingerprint density at radius 2 is 1.79 bits per heavy atom. The molecule has 0 aliphatic carbocycles. The summed E-state index contributed by atoms with van der Waals surface area (Å²) < 4.78 is 0. The molecule has 2 heteroatoms. The number of benzene rings is 1. The van der Waals surface area contributed by atoms with E-state index < -0.39 is 0 Å². The Morgan fingerprint density at radius 1 is 1.21 bits per heavy atom. The lowest BCUT2D eigenvalue weighted by molar-refractivity contribution is 0.303. The van der Waals surface area contributed by atoms with Gasteiger partial charge in [0.05, 0.1) is 0 Å². The first-order chi connectivity index (χ1) is 6.58. The van der Waals surface area contributed by atoms with Gasteiger partial charge in [-0.25, -0.2) is 0 Å². The van der Waals surface area contributed by atoms with Crippen LogP contribution in [0.1, 0.15) is 12.5 Å². The molecular formula is C12H20N2. The SMILES string of the molecule is CN(C)CC(C)(CN)c1ccccc1. The van der Waals surface area contributed by atoms with Gasteiger partial charge >= 0.3 is 0 Å². The van der Waals surface area contributed by atoms with Crippen LogP contribution >= 0.6 is 0 Å². The van der Waals surface area contributed by atoms with Gasteiger partial charge < -0.3 is 10.6 Å². The molecule has 1 aromatic carbocycles. The van der Waals surface area contributed by atoms with Crippen LogP contribution in [-0.4, -0.2) is 32.1 Å². The summed E-state index contributed by atoms with van der Waals surface area (Å²) in [6, 6.07) is 10.5. The maximum atomic E-state index is 5.86. The van der Waals surface area contributed by atoms with E-state index in [4.69, 9.17) is 5.73 Å². The normalized spacial score (nSPS) is 15.5. The molecule has 0 heterocycles. The van der Waals surface area contributed by atoms with E-state index in [2.05, 4.69) is 50.2 Å². The van der Waals surface area contributed by atoms with Gasteiger partial charge in [0.2, 0.25) is 0 Å². The van der Waals surface area contributed by atoms with E-state index in [-0.39, 0.29) is 5.41 Å². The van der Waals surface area contributed by atoms with Crippen LogP contribution in [0.15, 0.2) is 30.3 Å². The Bertz CT molecular complexity index is 269. The van der Waals surface area contributed by atoms with Crippen molar-refractivity contribution >= 4 is 0 Å². The van der Waals surface area contributed by atoms with Gasteiger partial charge in [0, 0.05) is 18.5 Å². The van der Waals surface area contributed by atoms with Crippen molar-refractivity contribution < 1.29 is 0 Å². The second kappa shape index (κ2) is 4.58. The molecule has 0 spiro atoms. The van der Waals surface area contributed by atoms with E-state index in [1.165, 1.54) is 5.56 Å². The van der Waals surface area contributed by atoms with Gasteiger partial charge in [0.25, 0.3) is 0 Å². The molecule has 1 atom stereocenters. The number of nitrogens with zero attached hydrogens (tertiary/aromatic N) is 1. The summed E-state index contributed by atoms with van der Waals surface area (Å²) in [5, 5.41) is 0. The number of nitrogens with two attached hydrogens (primary N) is 1. The smallest absolute Gasteiger partial charge is 0.0174 e. The molecule has 0 fully saturated rings. The van der Waals surface area contributed by atoms with Gasteiger partial charge in [0.1, 0.15) is 0 Å². The van der Waals surface area contributed by atoms with Crippen molar-refractivity contribution in [1.29, 1.82) is 0 Å². The van der Waals surface area contributed by atoms with Crippen molar-refractivity contribution in [2.24, 2.45) is 5.73 Å². The van der Waals surface area contributed by atoms with Crippen molar-refractivity contribution in [1.82, 2.24) is 4.90 Å². The Kier molecular flexibility index (Phi) is 3.67. The van der Waals surface area contributed by atoms with E-state index in [1.54, 1.807) is 0 Å². The highest BCUT2D eigenvalue weighted by atomic mass is 15.1. The third-order valence-electron chi connectivity index (χ3n) is 2.59. The fraction of sp³-hybridized carbons (Fsp3) is 0.500. The molecule has 0 bridgehead atoms. The first kappa shape index (κ1) is 11.2. The van der Waals surface area contributed by atoms with E-state index in [1.807, 2.05) is 6.07 Å². The maximum Gasteiger partial charge on any atom is 0.0174 e. The van der Waals surface area contributed by atoms with Crippen molar-refractivity contribution in [3.63, 3.8) is 0 Å². The lowest BCUT2D eigenvalue weighted by atomic mass is 9.82. The van der Waals surface area contributed by atoms with Gasteiger partial charge in [-0.2, -0.15) is 0 Å². The van der Waals surface area contributed by atoms with Crippen LogP contribution in [0.5, 0.6) is 0 Å². The van der Waals surface area contributed by atoms with E-state index in [0.29, 0.717) is 6.54 Å². The van der Waals surface area contributed by atoms with Crippen LogP contribution in [0.25, 0.3) is 0 Å². The molecule has 2 N–H and O–H groups in total. The van der Waals surface area contributed by atoms with E-state index >= 15 is 0 Å². The lowest BCUT2D eigenvalue weighted by Crippen LogP contribution is -2.41. The van der Waals surface area contributed by atoms with E-state index in [9.17, 15) is 0 Å². The highest BCUT2D eigenvalue weighted by molar-refractivity contribution is 5.25. The molecular weight excluding hydrogens is 172 g/mol. The molecule has 0 saturated heterocycles. The summed E-state index contributed by atoms with van der Waals surface area (Å²) in [5.41, 5.74) is 7.24. The van der Waals surface area contributed by atoms with Gasteiger partial charge in [0.15, 0.2) is 0 Å². The van der Waals surface area contributed by atoms with Crippen molar-refractivity contribution in [2.75, 3.05) is 27.2 Å². The van der Waals surface area contributed by atoms with Gasteiger partial charge in [-0.3, -0.25) is 0 Å². The van der Waals surface area contributed by atoms with Crippen LogP contribution in [0.2, 0.25) is 0 Å². The minimum absolute atomic E-state index is 0.0603. The molecule has 1 rings (SSSR count). The summed E-state index contributed by atoms with van der Waals surface area (Å²) in [7, 11) is 4.16. The molecule has 0 aromatic heterocycles. The average molecular weight is 192 g/mol. The van der Waals surface area contributed by atoms with Gasteiger partial charge in [-0.15, -0.1) is 0 Å². The van der Waals surface area contributed by atoms with Crippen LogP contribution in [0.3, 0.4) is 0 Å². The van der Waals surface area contributed by atoms with E-state index in [0.717, 1.165) is 6.54 Å². The Hall–Kier alpha value is -0.860. The number of hydrogen-bond donors (Lipinski definition) is 1. The maximum absolute atomic E-state index is 5.86. The van der Waals surface area contributed by atoms with Gasteiger partial charge in [-0.05, 0) is 19.7 Å². The summed E-state index contributed by atoms with van der Waals surface area (Å²) in [6.07, 6.45) is 0. The molecule has 14 heavy (non-hydrogen) atoms. The predicted octanol–water partition coefficient (Wildman–Crippen LogP) is 1.46. The molecule has 2 nitrogen and oxygen atoms in total. The van der Waals surface area contributed by atoms with Crippen LogP contribution in [-0.2, 0) is 5.41 Å². The van der Waals surface area contributed by atoms with Crippen LogP contribution in [0, 0.1) is 0 Å². The Labute approximate surface area is 86.7 Å².